The average molecular weight is 973 g/mol. The van der Waals surface area contributed by atoms with Gasteiger partial charge >= 0.3 is 5.97 Å². The number of rotatable bonds is 13. The number of aliphatic hydroxyl groups is 5. The molecular weight excluding hydrogens is 889 g/mol. The zero-order valence-electron chi connectivity index (χ0n) is 43.3. The quantitative estimate of drug-likeness (QED) is 0.0948. The third-order valence-electron chi connectivity index (χ3n) is 15.0. The van der Waals surface area contributed by atoms with Crippen LogP contribution in [0.1, 0.15) is 107 Å². The number of aliphatic hydroxyl groups excluding tert-OH is 3. The van der Waals surface area contributed by atoms with Crippen molar-refractivity contribution in [3.63, 3.8) is 0 Å². The van der Waals surface area contributed by atoms with Gasteiger partial charge in [-0.3, -0.25) is 19.5 Å². The third kappa shape index (κ3) is 13.9. The molecule has 2 aromatic rings. The normalized spacial score (nSPS) is 40.3. The van der Waals surface area contributed by atoms with Crippen LogP contribution >= 0.6 is 0 Å². The number of carbonyl (C=O) groups is 2. The Labute approximate surface area is 409 Å². The molecule has 0 spiro atoms. The number of cyclic esters (lactones) is 1. The largest absolute Gasteiger partial charge is 0.459 e. The fourth-order valence-corrected chi connectivity index (χ4v) is 10.8. The van der Waals surface area contributed by atoms with E-state index in [0.717, 1.165) is 16.5 Å². The molecule has 0 saturated carbocycles. The number of amides is 1. The van der Waals surface area contributed by atoms with Crippen molar-refractivity contribution in [3.8, 4) is 0 Å². The van der Waals surface area contributed by atoms with Gasteiger partial charge in [0.2, 0.25) is 5.91 Å². The SMILES string of the molecule is CC[C@H]1OC(=O)[C@H](C)[C@@H](O[C@H]2C[C@@](C)(OC)[C@@H](O)[C@H](C)O2)[C@H](C)[C@@H](O[C@@H]2O[C@H](C)C[C@H](N(C)C)[C@H]2O)[C@](C)(O)C[C@@H](C)CN(CCCNC(=O)C=Cc2cnc3ccccc3c2)[C@H](C)[C@@H](O)[C@]1(C)O. The lowest BCUT2D eigenvalue weighted by atomic mass is 9.77. The Hall–Kier alpha value is -3.17. The van der Waals surface area contributed by atoms with E-state index >= 15 is 0 Å². The third-order valence-corrected chi connectivity index (χ3v) is 15.0. The molecule has 5 rings (SSSR count). The summed E-state index contributed by atoms with van der Waals surface area (Å²) in [5.74, 6) is -3.17. The molecule has 17 nitrogen and oxygen atoms in total. The van der Waals surface area contributed by atoms with Crippen molar-refractivity contribution < 1.29 is 63.5 Å². The van der Waals surface area contributed by atoms with Gasteiger partial charge in [0.25, 0.3) is 0 Å². The molecule has 3 saturated heterocycles. The molecule has 3 fully saturated rings. The predicted molar refractivity (Wildman–Crippen MR) is 262 cm³/mol. The van der Waals surface area contributed by atoms with Crippen LogP contribution in [-0.4, -0.2) is 183 Å². The maximum Gasteiger partial charge on any atom is 0.311 e. The summed E-state index contributed by atoms with van der Waals surface area (Å²) < 4.78 is 38.1. The first kappa shape index (κ1) is 56.7. The molecule has 17 heteroatoms. The Bertz CT molecular complexity index is 2000. The van der Waals surface area contributed by atoms with Crippen molar-refractivity contribution >= 4 is 28.9 Å². The van der Waals surface area contributed by atoms with E-state index in [9.17, 15) is 35.1 Å². The number of esters is 1. The van der Waals surface area contributed by atoms with Gasteiger partial charge in [-0.15, -0.1) is 0 Å². The van der Waals surface area contributed by atoms with E-state index in [1.54, 1.807) is 53.8 Å². The Balaban J connectivity index is 1.46. The molecule has 3 aliphatic heterocycles. The number of hydrogen-bond acceptors (Lipinski definition) is 16. The van der Waals surface area contributed by atoms with E-state index in [1.165, 1.54) is 20.1 Å². The molecule has 0 radical (unpaired) electrons. The van der Waals surface area contributed by atoms with Crippen molar-refractivity contribution in [2.75, 3.05) is 40.8 Å². The summed E-state index contributed by atoms with van der Waals surface area (Å²) >= 11 is 0. The molecule has 18 atom stereocenters. The number of likely N-dealkylation sites (N-methyl/N-ethyl adjacent to an activating group) is 1. The number of pyridine rings is 1. The first-order valence-corrected chi connectivity index (χ1v) is 24.9. The topological polar surface area (TPSA) is 222 Å². The lowest BCUT2D eigenvalue weighted by Gasteiger charge is -2.48. The fraction of sp³-hybridized carbons (Fsp3) is 0.750. The van der Waals surface area contributed by atoms with E-state index in [0.29, 0.717) is 32.5 Å². The predicted octanol–water partition coefficient (Wildman–Crippen LogP) is 4.04. The smallest absolute Gasteiger partial charge is 0.311 e. The highest BCUT2D eigenvalue weighted by Crippen LogP contribution is 2.40. The molecular formula is C52H84N4O13. The monoisotopic (exact) mass is 973 g/mol. The highest BCUT2D eigenvalue weighted by molar-refractivity contribution is 5.92. The van der Waals surface area contributed by atoms with Gasteiger partial charge in [-0.1, -0.05) is 39.0 Å². The van der Waals surface area contributed by atoms with Crippen molar-refractivity contribution in [2.24, 2.45) is 17.8 Å². The van der Waals surface area contributed by atoms with Gasteiger partial charge in [0.05, 0.1) is 47.1 Å². The van der Waals surface area contributed by atoms with Gasteiger partial charge in [-0.2, -0.15) is 0 Å². The number of nitrogens with one attached hydrogen (secondary N) is 1. The molecule has 3 aliphatic rings. The molecule has 1 amide bonds. The summed E-state index contributed by atoms with van der Waals surface area (Å²) in [6, 6.07) is 8.71. The second kappa shape index (κ2) is 24.0. The van der Waals surface area contributed by atoms with Crippen LogP contribution in [0.25, 0.3) is 17.0 Å². The summed E-state index contributed by atoms with van der Waals surface area (Å²) in [4.78, 5) is 35.9. The highest BCUT2D eigenvalue weighted by Gasteiger charge is 2.53. The van der Waals surface area contributed by atoms with Gasteiger partial charge in [0, 0.05) is 68.8 Å². The molecule has 390 valence electrons. The molecule has 0 bridgehead atoms. The summed E-state index contributed by atoms with van der Waals surface area (Å²) in [5.41, 5.74) is -2.99. The Kier molecular flexibility index (Phi) is 19.8. The van der Waals surface area contributed by atoms with E-state index in [4.69, 9.17) is 28.4 Å². The maximum absolute atomic E-state index is 14.6. The number of para-hydroxylation sites is 1. The molecule has 1 aromatic heterocycles. The van der Waals surface area contributed by atoms with Gasteiger partial charge in [0.1, 0.15) is 30.0 Å². The fourth-order valence-electron chi connectivity index (χ4n) is 10.8. The molecule has 69 heavy (non-hydrogen) atoms. The van der Waals surface area contributed by atoms with Crippen molar-refractivity contribution in [2.45, 2.75) is 192 Å². The van der Waals surface area contributed by atoms with Crippen LogP contribution < -0.4 is 5.32 Å². The van der Waals surface area contributed by atoms with E-state index in [-0.39, 0.29) is 43.2 Å². The molecule has 1 aromatic carbocycles. The van der Waals surface area contributed by atoms with Crippen molar-refractivity contribution in [3.05, 3.63) is 48.2 Å². The number of ether oxygens (including phenoxy) is 6. The minimum absolute atomic E-state index is 0.0983. The zero-order chi connectivity index (χ0) is 51.2. The van der Waals surface area contributed by atoms with Crippen molar-refractivity contribution in [1.82, 2.24) is 20.1 Å². The number of aromatic nitrogens is 1. The second-order valence-electron chi connectivity index (χ2n) is 21.2. The van der Waals surface area contributed by atoms with E-state index in [2.05, 4.69) is 10.3 Å². The molecule has 4 heterocycles. The lowest BCUT2D eigenvalue weighted by molar-refractivity contribution is -0.318. The lowest BCUT2D eigenvalue weighted by Crippen LogP contribution is -2.60. The van der Waals surface area contributed by atoms with Crippen LogP contribution in [0.5, 0.6) is 0 Å². The maximum atomic E-state index is 14.6. The van der Waals surface area contributed by atoms with Gasteiger partial charge < -0.3 is 64.2 Å². The molecule has 6 N–H and O–H groups in total. The Morgan fingerprint density at radius 1 is 1.00 bits per heavy atom. The summed E-state index contributed by atoms with van der Waals surface area (Å²) in [5, 5.41) is 63.9. The standard InChI is InChI=1S/C52H84N4O13/c1-14-40-52(10,63)45(59)34(6)56(23-17-22-53-41(57)21-20-36-25-37-18-15-16-19-38(37)54-28-36)29-30(2)26-50(8,62)47(69-49-43(58)39(55(11)12)24-31(3)65-49)32(4)44(33(5)48(61)67-40)68-42-27-51(9,64-13)46(60)35(7)66-42/h15-16,18-21,25,28,30-35,39-40,42-47,49,58-60,62-63H,14,17,22-24,26-27,29H2,1-13H3,(H,53,57)/t30-,31-,32+,33-,34-,35+,39+,40-,42+,43-,44+,45-,46+,47-,49+,50-,51-,52-/m1/s1. The van der Waals surface area contributed by atoms with Crippen LogP contribution in [-0.2, 0) is 38.0 Å². The minimum Gasteiger partial charge on any atom is -0.459 e. The van der Waals surface area contributed by atoms with Gasteiger partial charge in [0.15, 0.2) is 12.6 Å². The highest BCUT2D eigenvalue weighted by atomic mass is 16.7. The number of fused-ring (bicyclic) bond motifs is 1. The number of nitrogens with zero attached hydrogens (tertiary/aromatic N) is 3. The number of carbonyl (C=O) groups excluding carboxylic acids is 2. The second-order valence-corrected chi connectivity index (χ2v) is 21.2. The first-order chi connectivity index (χ1) is 32.3. The van der Waals surface area contributed by atoms with Crippen molar-refractivity contribution in [1.29, 1.82) is 0 Å². The van der Waals surface area contributed by atoms with Crippen LogP contribution in [0.15, 0.2) is 42.6 Å². The van der Waals surface area contributed by atoms with Crippen LogP contribution in [0.4, 0.5) is 0 Å². The number of methoxy groups -OCH3 is 1. The summed E-state index contributed by atoms with van der Waals surface area (Å²) in [7, 11) is 5.25. The van der Waals surface area contributed by atoms with Crippen LogP contribution in [0, 0.1) is 17.8 Å². The Morgan fingerprint density at radius 3 is 2.36 bits per heavy atom. The van der Waals surface area contributed by atoms with Gasteiger partial charge in [-0.05, 0) is 118 Å². The summed E-state index contributed by atoms with van der Waals surface area (Å²) in [6.45, 7) is 18.5. The minimum atomic E-state index is -1.92. The summed E-state index contributed by atoms with van der Waals surface area (Å²) in [6.07, 6.45) is -3.69. The van der Waals surface area contributed by atoms with Crippen LogP contribution in [0.3, 0.4) is 0 Å². The Morgan fingerprint density at radius 2 is 1.70 bits per heavy atom. The first-order valence-electron chi connectivity index (χ1n) is 24.9. The van der Waals surface area contributed by atoms with Crippen LogP contribution in [0.2, 0.25) is 0 Å². The molecule has 0 unspecified atom stereocenters. The van der Waals surface area contributed by atoms with Gasteiger partial charge in [-0.25, -0.2) is 0 Å². The average Bonchev–Trinajstić information content (AvgIpc) is 3.30. The molecule has 0 aliphatic carbocycles. The van der Waals surface area contributed by atoms with E-state index < -0.39 is 96.0 Å². The van der Waals surface area contributed by atoms with E-state index in [1.807, 2.05) is 75.0 Å². The number of benzene rings is 1. The number of hydrogen-bond donors (Lipinski definition) is 6. The zero-order valence-corrected chi connectivity index (χ0v) is 43.3.